The molecule has 0 radical (unpaired) electrons. The molecule has 15 heavy (non-hydrogen) atoms. The molecule has 1 aliphatic rings. The molecule has 0 aromatic carbocycles. The number of amides is 1. The average molecular weight is 210 g/mol. The van der Waals surface area contributed by atoms with Gasteiger partial charge in [0.2, 0.25) is 0 Å². The van der Waals surface area contributed by atoms with Crippen LogP contribution in [0.1, 0.15) is 18.6 Å². The molecule has 1 saturated carbocycles. The molecule has 1 fully saturated rings. The van der Waals surface area contributed by atoms with E-state index in [0.29, 0.717) is 5.76 Å². The van der Waals surface area contributed by atoms with Gasteiger partial charge in [0.05, 0.1) is 5.92 Å². The number of aromatic nitrogens is 1. The zero-order valence-corrected chi connectivity index (χ0v) is 8.15. The molecule has 1 N–H and O–H groups in total. The molecule has 1 heterocycles. The summed E-state index contributed by atoms with van der Waals surface area (Å²) in [6, 6.07) is 1.53. The van der Waals surface area contributed by atoms with Crippen LogP contribution in [0.2, 0.25) is 0 Å². The van der Waals surface area contributed by atoms with Crippen LogP contribution in [0.3, 0.4) is 0 Å². The fourth-order valence-electron chi connectivity index (χ4n) is 1.05. The SMILES string of the molecule is Cc1cc(NC(=O)OC(=O)C2CC2)no1. The summed E-state index contributed by atoms with van der Waals surface area (Å²) in [5.41, 5.74) is 0. The number of anilines is 1. The van der Waals surface area contributed by atoms with Crippen LogP contribution < -0.4 is 5.32 Å². The maximum atomic E-state index is 11.1. The minimum absolute atomic E-state index is 0.102. The predicted molar refractivity (Wildman–Crippen MR) is 49.1 cm³/mol. The first kappa shape index (κ1) is 9.70. The molecule has 1 amide bonds. The Morgan fingerprint density at radius 1 is 1.60 bits per heavy atom. The zero-order chi connectivity index (χ0) is 10.8. The highest BCUT2D eigenvalue weighted by Gasteiger charge is 2.32. The van der Waals surface area contributed by atoms with Crippen LogP contribution in [0.5, 0.6) is 0 Å². The van der Waals surface area contributed by atoms with Crippen LogP contribution in [0, 0.1) is 12.8 Å². The molecule has 1 aromatic rings. The Morgan fingerprint density at radius 3 is 2.87 bits per heavy atom. The molecule has 0 aliphatic heterocycles. The van der Waals surface area contributed by atoms with Crippen molar-refractivity contribution in [3.8, 4) is 0 Å². The Morgan fingerprint density at radius 2 is 2.33 bits per heavy atom. The standard InChI is InChI=1S/C9H10N2O4/c1-5-4-7(11-15-5)10-9(13)14-8(12)6-2-3-6/h4,6H,2-3H2,1H3,(H,10,11,13). The van der Waals surface area contributed by atoms with E-state index in [-0.39, 0.29) is 11.7 Å². The topological polar surface area (TPSA) is 81.4 Å². The Balaban J connectivity index is 1.84. The zero-order valence-electron chi connectivity index (χ0n) is 8.15. The van der Waals surface area contributed by atoms with Crippen molar-refractivity contribution in [2.45, 2.75) is 19.8 Å². The van der Waals surface area contributed by atoms with Crippen LogP contribution in [0.4, 0.5) is 10.6 Å². The van der Waals surface area contributed by atoms with Crippen molar-refractivity contribution in [1.82, 2.24) is 5.16 Å². The lowest BCUT2D eigenvalue weighted by atomic mass is 10.4. The van der Waals surface area contributed by atoms with Gasteiger partial charge in [-0.3, -0.25) is 10.1 Å². The molecule has 80 valence electrons. The Hall–Kier alpha value is -1.85. The highest BCUT2D eigenvalue weighted by Crippen LogP contribution is 2.30. The molecule has 0 unspecified atom stereocenters. The second-order valence-corrected chi connectivity index (χ2v) is 3.43. The minimum Gasteiger partial charge on any atom is -0.376 e. The number of rotatable bonds is 2. The van der Waals surface area contributed by atoms with E-state index in [1.807, 2.05) is 0 Å². The summed E-state index contributed by atoms with van der Waals surface area (Å²) in [4.78, 5) is 22.2. The normalized spacial score (nSPS) is 14.7. The molecule has 0 spiro atoms. The molecule has 2 rings (SSSR count). The fourth-order valence-corrected chi connectivity index (χ4v) is 1.05. The maximum Gasteiger partial charge on any atom is 0.420 e. The third-order valence-electron chi connectivity index (χ3n) is 1.96. The predicted octanol–water partition coefficient (Wildman–Crippen LogP) is 1.47. The van der Waals surface area contributed by atoms with E-state index in [4.69, 9.17) is 4.52 Å². The first-order valence-electron chi connectivity index (χ1n) is 4.61. The first-order chi connectivity index (χ1) is 7.15. The molecule has 0 bridgehead atoms. The molecule has 0 atom stereocenters. The maximum absolute atomic E-state index is 11.1. The van der Waals surface area contributed by atoms with Crippen LogP contribution >= 0.6 is 0 Å². The monoisotopic (exact) mass is 210 g/mol. The van der Waals surface area contributed by atoms with Crippen molar-refractivity contribution in [3.63, 3.8) is 0 Å². The number of carbonyl (C=O) groups excluding carboxylic acids is 2. The molecule has 1 aliphatic carbocycles. The molecule has 1 aromatic heterocycles. The van der Waals surface area contributed by atoms with Gasteiger partial charge in [0, 0.05) is 6.07 Å². The lowest BCUT2D eigenvalue weighted by molar-refractivity contribution is -0.138. The highest BCUT2D eigenvalue weighted by molar-refractivity contribution is 5.93. The van der Waals surface area contributed by atoms with Crippen molar-refractivity contribution in [2.75, 3.05) is 5.32 Å². The van der Waals surface area contributed by atoms with Gasteiger partial charge in [0.15, 0.2) is 5.82 Å². The number of esters is 1. The van der Waals surface area contributed by atoms with Gasteiger partial charge in [-0.1, -0.05) is 5.16 Å². The van der Waals surface area contributed by atoms with E-state index in [1.54, 1.807) is 6.92 Å². The summed E-state index contributed by atoms with van der Waals surface area (Å²) in [6.07, 6.45) is 0.782. The second kappa shape index (κ2) is 3.72. The highest BCUT2D eigenvalue weighted by atomic mass is 16.6. The second-order valence-electron chi connectivity index (χ2n) is 3.43. The number of aryl methyl sites for hydroxylation is 1. The summed E-state index contributed by atoms with van der Waals surface area (Å²) < 4.78 is 9.24. The number of hydrogen-bond acceptors (Lipinski definition) is 5. The number of ether oxygens (including phenoxy) is 1. The number of nitrogens with one attached hydrogen (secondary N) is 1. The van der Waals surface area contributed by atoms with Gasteiger partial charge < -0.3 is 9.26 Å². The lowest BCUT2D eigenvalue weighted by Gasteiger charge is -2.00. The average Bonchev–Trinajstić information content (AvgIpc) is 2.92. The summed E-state index contributed by atoms with van der Waals surface area (Å²) in [5.74, 6) is 0.224. The van der Waals surface area contributed by atoms with Crippen molar-refractivity contribution < 1.29 is 18.8 Å². The smallest absolute Gasteiger partial charge is 0.376 e. The van der Waals surface area contributed by atoms with E-state index < -0.39 is 12.1 Å². The van der Waals surface area contributed by atoms with E-state index >= 15 is 0 Å². The Kier molecular flexibility index (Phi) is 2.40. The fraction of sp³-hybridized carbons (Fsp3) is 0.444. The molecular formula is C9H10N2O4. The largest absolute Gasteiger partial charge is 0.420 e. The van der Waals surface area contributed by atoms with Crippen LogP contribution in [-0.2, 0) is 9.53 Å². The Labute approximate surface area is 85.6 Å². The van der Waals surface area contributed by atoms with E-state index in [1.165, 1.54) is 6.07 Å². The summed E-state index contributed by atoms with van der Waals surface area (Å²) >= 11 is 0. The van der Waals surface area contributed by atoms with E-state index in [0.717, 1.165) is 12.8 Å². The van der Waals surface area contributed by atoms with Gasteiger partial charge in [0.25, 0.3) is 0 Å². The number of hydrogen-bond donors (Lipinski definition) is 1. The lowest BCUT2D eigenvalue weighted by Crippen LogP contribution is -2.19. The quantitative estimate of drug-likeness (QED) is 0.590. The van der Waals surface area contributed by atoms with Crippen molar-refractivity contribution in [2.24, 2.45) is 5.92 Å². The third kappa shape index (κ3) is 2.55. The van der Waals surface area contributed by atoms with Crippen molar-refractivity contribution in [3.05, 3.63) is 11.8 Å². The summed E-state index contributed by atoms with van der Waals surface area (Å²) in [6.45, 7) is 1.69. The van der Waals surface area contributed by atoms with Gasteiger partial charge in [-0.05, 0) is 19.8 Å². The number of nitrogens with zero attached hydrogens (tertiary/aromatic N) is 1. The van der Waals surface area contributed by atoms with Gasteiger partial charge in [-0.15, -0.1) is 0 Å². The minimum atomic E-state index is -0.819. The Bertz CT molecular complexity index is 395. The van der Waals surface area contributed by atoms with Gasteiger partial charge in [0.1, 0.15) is 5.76 Å². The van der Waals surface area contributed by atoms with Crippen molar-refractivity contribution in [1.29, 1.82) is 0 Å². The van der Waals surface area contributed by atoms with Crippen LogP contribution in [0.15, 0.2) is 10.6 Å². The van der Waals surface area contributed by atoms with E-state index in [9.17, 15) is 9.59 Å². The molecular weight excluding hydrogens is 200 g/mol. The number of carbonyl (C=O) groups is 2. The van der Waals surface area contributed by atoms with Gasteiger partial charge >= 0.3 is 12.1 Å². The third-order valence-corrected chi connectivity index (χ3v) is 1.96. The van der Waals surface area contributed by atoms with E-state index in [2.05, 4.69) is 15.2 Å². The molecule has 0 saturated heterocycles. The van der Waals surface area contributed by atoms with Gasteiger partial charge in [-0.25, -0.2) is 4.79 Å². The van der Waals surface area contributed by atoms with Crippen molar-refractivity contribution >= 4 is 17.9 Å². The first-order valence-corrected chi connectivity index (χ1v) is 4.61. The molecule has 6 heteroatoms. The van der Waals surface area contributed by atoms with Crippen LogP contribution in [-0.4, -0.2) is 17.2 Å². The summed E-state index contributed by atoms with van der Waals surface area (Å²) in [7, 11) is 0. The summed E-state index contributed by atoms with van der Waals surface area (Å²) in [5, 5.41) is 5.81. The molecule has 6 nitrogen and oxygen atoms in total. The van der Waals surface area contributed by atoms with Gasteiger partial charge in [-0.2, -0.15) is 0 Å². The van der Waals surface area contributed by atoms with Crippen LogP contribution in [0.25, 0.3) is 0 Å².